The summed E-state index contributed by atoms with van der Waals surface area (Å²) in [6.45, 7) is 5.54. The van der Waals surface area contributed by atoms with Gasteiger partial charge in [0.15, 0.2) is 0 Å². The first-order valence-electron chi connectivity index (χ1n) is 6.27. The Morgan fingerprint density at radius 3 is 3.06 bits per heavy atom. The second kappa shape index (κ2) is 6.51. The van der Waals surface area contributed by atoms with E-state index in [0.29, 0.717) is 0 Å². The van der Waals surface area contributed by atoms with Crippen molar-refractivity contribution >= 4 is 5.82 Å². The van der Waals surface area contributed by atoms with Crippen molar-refractivity contribution in [2.45, 2.75) is 25.9 Å². The molecular formula is C12H20N4O. The highest BCUT2D eigenvalue weighted by Crippen LogP contribution is 2.05. The SMILES string of the molecule is CCCc1ccc(NCC2CNCCO2)nn1. The number of ether oxygens (including phenoxy) is 1. The van der Waals surface area contributed by atoms with E-state index in [2.05, 4.69) is 27.8 Å². The predicted molar refractivity (Wildman–Crippen MR) is 67.1 cm³/mol. The summed E-state index contributed by atoms with van der Waals surface area (Å²) in [4.78, 5) is 0. The quantitative estimate of drug-likeness (QED) is 0.793. The first-order valence-corrected chi connectivity index (χ1v) is 6.27. The Kier molecular flexibility index (Phi) is 4.70. The monoisotopic (exact) mass is 236 g/mol. The Morgan fingerprint density at radius 2 is 2.41 bits per heavy atom. The van der Waals surface area contributed by atoms with E-state index in [4.69, 9.17) is 4.74 Å². The highest BCUT2D eigenvalue weighted by Gasteiger charge is 2.12. The van der Waals surface area contributed by atoms with Gasteiger partial charge in [0.1, 0.15) is 5.82 Å². The summed E-state index contributed by atoms with van der Waals surface area (Å²) in [6.07, 6.45) is 2.31. The average Bonchev–Trinajstić information content (AvgIpc) is 2.40. The van der Waals surface area contributed by atoms with Gasteiger partial charge in [-0.25, -0.2) is 0 Å². The third kappa shape index (κ3) is 3.94. The fraction of sp³-hybridized carbons (Fsp3) is 0.667. The summed E-state index contributed by atoms with van der Waals surface area (Å²) < 4.78 is 5.59. The van der Waals surface area contributed by atoms with Gasteiger partial charge in [0.25, 0.3) is 0 Å². The van der Waals surface area contributed by atoms with Crippen LogP contribution >= 0.6 is 0 Å². The van der Waals surface area contributed by atoms with Crippen LogP contribution in [0.4, 0.5) is 5.82 Å². The molecule has 2 N–H and O–H groups in total. The third-order valence-corrected chi connectivity index (χ3v) is 2.74. The zero-order valence-electron chi connectivity index (χ0n) is 10.3. The fourth-order valence-corrected chi connectivity index (χ4v) is 1.81. The molecule has 1 unspecified atom stereocenters. The lowest BCUT2D eigenvalue weighted by atomic mass is 10.2. The van der Waals surface area contributed by atoms with Gasteiger partial charge >= 0.3 is 0 Å². The van der Waals surface area contributed by atoms with Crippen molar-refractivity contribution in [3.8, 4) is 0 Å². The van der Waals surface area contributed by atoms with Gasteiger partial charge in [0.05, 0.1) is 18.4 Å². The van der Waals surface area contributed by atoms with Gasteiger partial charge in [-0.15, -0.1) is 5.10 Å². The molecule has 1 saturated heterocycles. The molecule has 1 fully saturated rings. The molecule has 2 rings (SSSR count). The molecule has 1 aromatic heterocycles. The van der Waals surface area contributed by atoms with Crippen LogP contribution < -0.4 is 10.6 Å². The van der Waals surface area contributed by atoms with E-state index in [1.54, 1.807) is 0 Å². The number of rotatable bonds is 5. The molecule has 5 heteroatoms. The van der Waals surface area contributed by atoms with E-state index >= 15 is 0 Å². The van der Waals surface area contributed by atoms with Gasteiger partial charge < -0.3 is 15.4 Å². The maximum atomic E-state index is 5.59. The molecule has 1 aliphatic rings. The van der Waals surface area contributed by atoms with E-state index in [9.17, 15) is 0 Å². The standard InChI is InChI=1S/C12H20N4O/c1-2-3-10-4-5-12(16-15-10)14-9-11-8-13-6-7-17-11/h4-5,11,13H,2-3,6-9H2,1H3,(H,14,16). The first-order chi connectivity index (χ1) is 8.38. The number of anilines is 1. The Labute approximate surface area is 102 Å². The smallest absolute Gasteiger partial charge is 0.148 e. The number of hydrogen-bond donors (Lipinski definition) is 2. The number of nitrogens with one attached hydrogen (secondary N) is 2. The van der Waals surface area contributed by atoms with Gasteiger partial charge in [-0.3, -0.25) is 0 Å². The zero-order valence-corrected chi connectivity index (χ0v) is 10.3. The Balaban J connectivity index is 1.77. The minimum absolute atomic E-state index is 0.223. The summed E-state index contributed by atoms with van der Waals surface area (Å²) in [6, 6.07) is 4.01. The van der Waals surface area contributed by atoms with E-state index in [1.807, 2.05) is 12.1 Å². The molecule has 0 radical (unpaired) electrons. The minimum atomic E-state index is 0.223. The molecule has 5 nitrogen and oxygen atoms in total. The molecule has 1 aliphatic heterocycles. The van der Waals surface area contributed by atoms with Crippen molar-refractivity contribution in [1.29, 1.82) is 0 Å². The number of hydrogen-bond acceptors (Lipinski definition) is 5. The van der Waals surface area contributed by atoms with Crippen LogP contribution in [-0.2, 0) is 11.2 Å². The lowest BCUT2D eigenvalue weighted by Crippen LogP contribution is -2.42. The molecule has 0 amide bonds. The van der Waals surface area contributed by atoms with Crippen molar-refractivity contribution in [2.24, 2.45) is 0 Å². The Morgan fingerprint density at radius 1 is 1.47 bits per heavy atom. The number of aromatic nitrogens is 2. The van der Waals surface area contributed by atoms with Crippen LogP contribution in [0.3, 0.4) is 0 Å². The van der Waals surface area contributed by atoms with Gasteiger partial charge in [-0.2, -0.15) is 5.10 Å². The van der Waals surface area contributed by atoms with Crippen LogP contribution in [-0.4, -0.2) is 42.5 Å². The van der Waals surface area contributed by atoms with Gasteiger partial charge in [0, 0.05) is 19.6 Å². The number of aryl methyl sites for hydroxylation is 1. The average molecular weight is 236 g/mol. The van der Waals surface area contributed by atoms with Crippen LogP contribution in [0, 0.1) is 0 Å². The van der Waals surface area contributed by atoms with E-state index in [1.165, 1.54) is 0 Å². The molecule has 0 aromatic carbocycles. The van der Waals surface area contributed by atoms with E-state index in [0.717, 1.165) is 50.6 Å². The summed E-state index contributed by atoms with van der Waals surface area (Å²) in [5, 5.41) is 14.8. The molecule has 94 valence electrons. The zero-order chi connectivity index (χ0) is 11.9. The largest absolute Gasteiger partial charge is 0.374 e. The van der Waals surface area contributed by atoms with Gasteiger partial charge in [0.2, 0.25) is 0 Å². The van der Waals surface area contributed by atoms with E-state index in [-0.39, 0.29) is 6.10 Å². The van der Waals surface area contributed by atoms with Crippen molar-refractivity contribution in [1.82, 2.24) is 15.5 Å². The molecule has 17 heavy (non-hydrogen) atoms. The van der Waals surface area contributed by atoms with Gasteiger partial charge in [-0.05, 0) is 18.6 Å². The highest BCUT2D eigenvalue weighted by atomic mass is 16.5. The van der Waals surface area contributed by atoms with Crippen LogP contribution in [0.5, 0.6) is 0 Å². The molecule has 1 atom stereocenters. The lowest BCUT2D eigenvalue weighted by Gasteiger charge is -2.23. The topological polar surface area (TPSA) is 59.1 Å². The van der Waals surface area contributed by atoms with Crippen molar-refractivity contribution < 1.29 is 4.74 Å². The van der Waals surface area contributed by atoms with E-state index < -0.39 is 0 Å². The van der Waals surface area contributed by atoms with Crippen molar-refractivity contribution in [2.75, 3.05) is 31.6 Å². The molecule has 0 spiro atoms. The lowest BCUT2D eigenvalue weighted by molar-refractivity contribution is 0.0372. The van der Waals surface area contributed by atoms with Crippen molar-refractivity contribution in [3.63, 3.8) is 0 Å². The second-order valence-electron chi connectivity index (χ2n) is 4.24. The summed E-state index contributed by atoms with van der Waals surface area (Å²) in [7, 11) is 0. The fourth-order valence-electron chi connectivity index (χ4n) is 1.81. The summed E-state index contributed by atoms with van der Waals surface area (Å²) >= 11 is 0. The molecule has 0 bridgehead atoms. The van der Waals surface area contributed by atoms with Crippen LogP contribution in [0.25, 0.3) is 0 Å². The molecule has 2 heterocycles. The predicted octanol–water partition coefficient (Wildman–Crippen LogP) is 0.829. The van der Waals surface area contributed by atoms with Crippen molar-refractivity contribution in [3.05, 3.63) is 17.8 Å². The molecule has 0 aliphatic carbocycles. The number of morpholine rings is 1. The molecular weight excluding hydrogens is 216 g/mol. The minimum Gasteiger partial charge on any atom is -0.374 e. The Bertz CT molecular complexity index is 322. The maximum Gasteiger partial charge on any atom is 0.148 e. The third-order valence-electron chi connectivity index (χ3n) is 2.74. The maximum absolute atomic E-state index is 5.59. The molecule has 1 aromatic rings. The van der Waals surface area contributed by atoms with Crippen LogP contribution in [0.15, 0.2) is 12.1 Å². The normalized spacial score (nSPS) is 20.2. The highest BCUT2D eigenvalue weighted by molar-refractivity contribution is 5.33. The second-order valence-corrected chi connectivity index (χ2v) is 4.24. The van der Waals surface area contributed by atoms with Crippen LogP contribution in [0.2, 0.25) is 0 Å². The summed E-state index contributed by atoms with van der Waals surface area (Å²) in [5.74, 6) is 0.819. The first kappa shape index (κ1) is 12.3. The number of nitrogens with zero attached hydrogens (tertiary/aromatic N) is 2. The summed E-state index contributed by atoms with van der Waals surface area (Å²) in [5.41, 5.74) is 1.05. The van der Waals surface area contributed by atoms with Crippen LogP contribution in [0.1, 0.15) is 19.0 Å². The van der Waals surface area contributed by atoms with Gasteiger partial charge in [-0.1, -0.05) is 13.3 Å². The Hall–Kier alpha value is -1.20. The molecule has 0 saturated carbocycles.